The fourth-order valence-corrected chi connectivity index (χ4v) is 26.3. The molecule has 2 saturated heterocycles. The minimum Gasteiger partial charge on any atom is -0.504 e. The Morgan fingerprint density at radius 1 is 0.310 bits per heavy atom. The molecule has 145 heavy (non-hydrogen) atoms. The van der Waals surface area contributed by atoms with Crippen molar-refractivity contribution in [2.45, 2.75) is 26.4 Å². The van der Waals surface area contributed by atoms with Gasteiger partial charge in [0.25, 0.3) is 22.3 Å². The molecule has 4 amide bonds. The summed E-state index contributed by atoms with van der Waals surface area (Å²) in [5.74, 6) is -2.37. The van der Waals surface area contributed by atoms with Crippen LogP contribution in [-0.2, 0) is 43.1 Å². The van der Waals surface area contributed by atoms with Crippen LogP contribution in [0.15, 0.2) is 512 Å². The van der Waals surface area contributed by atoms with Crippen LogP contribution in [0.2, 0.25) is 0 Å². The zero-order chi connectivity index (χ0) is 101. The smallest absolute Gasteiger partial charge is 0.504 e. The first-order chi connectivity index (χ1) is 70.0. The largest absolute Gasteiger partial charge is 0.573 e. The van der Waals surface area contributed by atoms with Crippen LogP contribution in [0.4, 0.5) is 22.8 Å². The van der Waals surface area contributed by atoms with Crippen molar-refractivity contribution in [3.8, 4) is 39.9 Å². The zero-order valence-electron chi connectivity index (χ0n) is 78.0. The minimum atomic E-state index is -4.77. The van der Waals surface area contributed by atoms with Crippen molar-refractivity contribution in [3.05, 3.63) is 540 Å². The number of phenolic OH excluding ortho intramolecular Hbond substituents is 4. The number of aryl methyl sites for hydroxylation is 1. The van der Waals surface area contributed by atoms with Gasteiger partial charge in [-0.15, -0.1) is 13.2 Å². The fraction of sp³-hybridized carbons (Fsp3) is 0.0333. The third kappa shape index (κ3) is 32.3. The van der Waals surface area contributed by atoms with Gasteiger partial charge in [0.1, 0.15) is 5.75 Å². The molecule has 0 saturated carbocycles. The van der Waals surface area contributed by atoms with Gasteiger partial charge in [-0.05, 0) is 231 Å². The van der Waals surface area contributed by atoms with Gasteiger partial charge < -0.3 is 35.2 Å². The number of halogens is 4. The summed E-state index contributed by atoms with van der Waals surface area (Å²) in [6, 6.07) is 164. The van der Waals surface area contributed by atoms with Crippen molar-refractivity contribution < 1.29 is 88.0 Å². The summed E-state index contributed by atoms with van der Waals surface area (Å²) < 4.78 is 41.8. The Morgan fingerprint density at radius 2 is 0.572 bits per heavy atom. The number of ether oxygens (including phenoxy) is 1. The van der Waals surface area contributed by atoms with Crippen molar-refractivity contribution in [3.63, 3.8) is 0 Å². The second-order valence-corrected chi connectivity index (χ2v) is 43.9. The molecule has 2 aliphatic rings. The number of carbonyl (C=O) groups excluding carboxylic acids is 4. The molecule has 13 nitrogen and oxygen atoms in total. The maximum atomic E-state index is 12.8. The second-order valence-electron chi connectivity index (χ2n) is 32.1. The summed E-state index contributed by atoms with van der Waals surface area (Å²) in [6.45, 7) is 2.15. The van der Waals surface area contributed by atoms with Gasteiger partial charge in [-0.1, -0.05) is 464 Å². The third-order valence-corrected chi connectivity index (χ3v) is 33.9. The standard InChI is InChI=1S/C24H16F3NO5S.4C18H15P.C17H12BrNO4S.C7H9BO2.Pd/c25-24(26,27)33-18-7-5-16(6-8-18)17-3-1-2-15(10-17)13-28-22(31)21(34-23(28)32)12-14-4-9-19(29)20(30)11-14;4*1-4-10-16(11-5-1)19(17-12-6-2-7-13-17)18-14-8-3-9-15-18;18-12-3-1-2-11(6-12)9-19-16(22)15(24-17(19)23)8-10-4-5-13(20)14(21)7-10;1-6-2-4-7(5-3-6)8(9)10;/h1-12,29-30H,13H2;4*1-15H;1-8,20-21H,9H2;2-5,9-10H,1H3;/b21-12-;;;;;15-8-;;. The molecule has 20 rings (SSSR count). The molecule has 0 radical (unpaired) electrons. The van der Waals surface area contributed by atoms with Crippen LogP contribution >= 0.6 is 71.1 Å². The van der Waals surface area contributed by atoms with Crippen LogP contribution in [0, 0.1) is 6.92 Å². The number of rotatable bonds is 21. The second kappa shape index (κ2) is 55.2. The van der Waals surface area contributed by atoms with Crippen LogP contribution in [-0.4, -0.2) is 76.0 Å². The van der Waals surface area contributed by atoms with E-state index in [4.69, 9.17) is 10.0 Å². The van der Waals surface area contributed by atoms with E-state index in [1.807, 2.05) is 43.3 Å². The maximum Gasteiger partial charge on any atom is 0.573 e. The molecular formula is C120H97BBrF3N2O11P4PdS2. The predicted molar refractivity (Wildman–Crippen MR) is 597 cm³/mol. The average molecular weight is 2190 g/mol. The summed E-state index contributed by atoms with van der Waals surface area (Å²) >= 11 is 4.98. The van der Waals surface area contributed by atoms with Crippen molar-refractivity contribution in [1.82, 2.24) is 9.80 Å². The van der Waals surface area contributed by atoms with Gasteiger partial charge >= 0.3 is 13.5 Å². The molecule has 0 bridgehead atoms. The Kier molecular flexibility index (Phi) is 41.3. The predicted octanol–water partition coefficient (Wildman–Crippen LogP) is 23.4. The quantitative estimate of drug-likeness (QED) is 0.0172. The van der Waals surface area contributed by atoms with E-state index >= 15 is 0 Å². The van der Waals surface area contributed by atoms with E-state index in [2.05, 4.69) is 385 Å². The number of hydrogen-bond donors (Lipinski definition) is 6. The average Bonchev–Trinajstić information content (AvgIpc) is 1.64. The van der Waals surface area contributed by atoms with Crippen molar-refractivity contribution >= 4 is 182 Å². The van der Waals surface area contributed by atoms with Gasteiger partial charge in [0.2, 0.25) is 0 Å². The fourth-order valence-electron chi connectivity index (χ4n) is 15.0. The van der Waals surface area contributed by atoms with Crippen LogP contribution in [0.3, 0.4) is 0 Å². The topological polar surface area (TPSA) is 205 Å². The van der Waals surface area contributed by atoms with Gasteiger partial charge in [0, 0.05) is 24.9 Å². The Bertz CT molecular complexity index is 6390. The molecule has 0 aliphatic carbocycles. The van der Waals surface area contributed by atoms with E-state index in [0.29, 0.717) is 33.3 Å². The third-order valence-electron chi connectivity index (χ3n) is 21.8. The molecule has 2 aliphatic heterocycles. The van der Waals surface area contributed by atoms with Gasteiger partial charge in [-0.3, -0.25) is 29.0 Å². The minimum absolute atomic E-state index is 0. The van der Waals surface area contributed by atoms with E-state index < -0.39 is 56.3 Å². The number of hydrogen-bond acceptors (Lipinski definition) is 13. The molecule has 0 spiro atoms. The number of benzene rings is 18. The van der Waals surface area contributed by atoms with Crippen molar-refractivity contribution in [2.24, 2.45) is 0 Å². The monoisotopic (exact) mass is 2180 g/mol. The van der Waals surface area contributed by atoms with Gasteiger partial charge in [-0.25, -0.2) is 0 Å². The molecule has 0 aromatic heterocycles. The molecular weight excluding hydrogens is 2090 g/mol. The number of nitrogens with zero attached hydrogens (tertiary/aromatic N) is 2. The maximum absolute atomic E-state index is 12.8. The van der Waals surface area contributed by atoms with Crippen LogP contribution in [0.1, 0.15) is 27.8 Å². The normalized spacial score (nSPS) is 12.5. The molecule has 2 fully saturated rings. The van der Waals surface area contributed by atoms with Crippen LogP contribution < -0.4 is 73.9 Å². The molecule has 0 atom stereocenters. The Morgan fingerprint density at radius 3 is 0.821 bits per heavy atom. The SMILES string of the molecule is Cc1ccc(B(O)O)cc1.O=C1S/C(=C\c2ccc(O)c(O)c2)C(=O)N1Cc1cccc(-c2ccc(OC(F)(F)F)cc2)c1.O=C1S/C(=C\c2ccc(O)c(O)c2)C(=O)N1Cc1cccc(Br)c1.[Pd].c1ccc(P(c2ccccc2)c2ccccc2)cc1.c1ccc(P(c2ccccc2)c2ccccc2)cc1.c1ccc(P(c2ccccc2)c2ccccc2)cc1.c1ccc(P(c2ccccc2)c2ccccc2)cc1. The van der Waals surface area contributed by atoms with E-state index in [-0.39, 0.29) is 83.2 Å². The summed E-state index contributed by atoms with van der Waals surface area (Å²) in [5, 5.41) is 71.2. The first-order valence-electron chi connectivity index (χ1n) is 45.5. The van der Waals surface area contributed by atoms with Gasteiger partial charge in [-0.2, -0.15) is 0 Å². The summed E-state index contributed by atoms with van der Waals surface area (Å²) in [7, 11) is -3.13. The van der Waals surface area contributed by atoms with Gasteiger partial charge in [0.15, 0.2) is 23.0 Å². The number of aromatic hydroxyl groups is 4. The van der Waals surface area contributed by atoms with Crippen molar-refractivity contribution in [1.29, 1.82) is 0 Å². The molecule has 18 aromatic carbocycles. The Hall–Kier alpha value is -13.9. The Labute approximate surface area is 878 Å². The molecule has 726 valence electrons. The van der Waals surface area contributed by atoms with Gasteiger partial charge in [0.05, 0.1) is 22.9 Å². The van der Waals surface area contributed by atoms with Crippen molar-refractivity contribution in [2.75, 3.05) is 0 Å². The number of alkyl halides is 3. The molecule has 18 aromatic rings. The summed E-state index contributed by atoms with van der Waals surface area (Å²) in [6.07, 6.45) is -1.81. The van der Waals surface area contributed by atoms with Crippen LogP contribution in [0.25, 0.3) is 23.3 Å². The number of carbonyl (C=O) groups is 4. The molecule has 25 heteroatoms. The molecule has 6 N–H and O–H groups in total. The number of imide groups is 2. The van der Waals surface area contributed by atoms with E-state index in [1.165, 1.54) is 135 Å². The van der Waals surface area contributed by atoms with E-state index in [9.17, 15) is 52.8 Å². The summed E-state index contributed by atoms with van der Waals surface area (Å²) in [5.41, 5.74) is 5.44. The number of thioether (sulfide) groups is 2. The van der Waals surface area contributed by atoms with E-state index in [0.717, 1.165) is 44.0 Å². The first-order valence-corrected chi connectivity index (χ1v) is 53.3. The molecule has 2 heterocycles. The number of phenols is 4. The first kappa shape index (κ1) is 108. The number of amides is 4. The van der Waals surface area contributed by atoms with Crippen LogP contribution in [0.5, 0.6) is 28.7 Å². The summed E-state index contributed by atoms with van der Waals surface area (Å²) in [4.78, 5) is 52.5. The molecule has 0 unspecified atom stereocenters. The zero-order valence-corrected chi connectivity index (χ0v) is 86.4. The Balaban J connectivity index is 0.000000145. The van der Waals surface area contributed by atoms with E-state index in [1.54, 1.807) is 42.5 Å².